The predicted molar refractivity (Wildman–Crippen MR) is 63.1 cm³/mol. The maximum absolute atomic E-state index is 11.2. The fraction of sp³-hybridized carbons (Fsp3) is 0.923. The quantitative estimate of drug-likeness (QED) is 0.782. The zero-order valence-corrected chi connectivity index (χ0v) is 10.4. The molecule has 92 valence electrons. The van der Waals surface area contributed by atoms with Crippen LogP contribution in [0.4, 0.5) is 0 Å². The van der Waals surface area contributed by atoms with Gasteiger partial charge in [-0.25, -0.2) is 0 Å². The summed E-state index contributed by atoms with van der Waals surface area (Å²) in [5.74, 6) is 0.659. The summed E-state index contributed by atoms with van der Waals surface area (Å²) in [5.41, 5.74) is 0. The Balaban J connectivity index is 2.03. The number of ether oxygens (including phenoxy) is 1. The number of rotatable bonds is 2. The van der Waals surface area contributed by atoms with Crippen LogP contribution in [0.25, 0.3) is 0 Å². The SMILES string of the molecule is CC[C@H]1C[C@@H](NC(C)=O)[C@@H]2CCCC[C@H]2O1. The normalized spacial score (nSPS) is 38.9. The molecule has 1 aliphatic heterocycles. The monoisotopic (exact) mass is 225 g/mol. The number of hydrogen-bond acceptors (Lipinski definition) is 2. The zero-order chi connectivity index (χ0) is 11.5. The number of carbonyl (C=O) groups is 1. The minimum Gasteiger partial charge on any atom is -0.375 e. The summed E-state index contributed by atoms with van der Waals surface area (Å²) in [6.45, 7) is 3.78. The van der Waals surface area contributed by atoms with E-state index >= 15 is 0 Å². The van der Waals surface area contributed by atoms with E-state index in [0.717, 1.165) is 12.8 Å². The van der Waals surface area contributed by atoms with Crippen molar-refractivity contribution in [1.82, 2.24) is 5.32 Å². The third-order valence-corrected chi connectivity index (χ3v) is 4.00. The molecule has 4 atom stereocenters. The molecule has 2 aliphatic rings. The van der Waals surface area contributed by atoms with Gasteiger partial charge in [0, 0.05) is 18.9 Å². The molecule has 1 aliphatic carbocycles. The van der Waals surface area contributed by atoms with Gasteiger partial charge in [-0.3, -0.25) is 4.79 Å². The molecule has 0 unspecified atom stereocenters. The van der Waals surface area contributed by atoms with Crippen LogP contribution in [0, 0.1) is 5.92 Å². The molecule has 1 heterocycles. The lowest BCUT2D eigenvalue weighted by atomic mass is 9.77. The Morgan fingerprint density at radius 2 is 2.12 bits per heavy atom. The van der Waals surface area contributed by atoms with E-state index in [1.165, 1.54) is 25.7 Å². The first-order valence-electron chi connectivity index (χ1n) is 6.63. The molecule has 2 fully saturated rings. The van der Waals surface area contributed by atoms with Gasteiger partial charge in [0.25, 0.3) is 0 Å². The lowest BCUT2D eigenvalue weighted by molar-refractivity contribution is -0.130. The summed E-state index contributed by atoms with van der Waals surface area (Å²) in [5, 5.41) is 3.13. The van der Waals surface area contributed by atoms with Crippen LogP contribution in [0.5, 0.6) is 0 Å². The summed E-state index contributed by atoms with van der Waals surface area (Å²) >= 11 is 0. The van der Waals surface area contributed by atoms with Gasteiger partial charge in [0.15, 0.2) is 0 Å². The molecular formula is C13H23NO2. The van der Waals surface area contributed by atoms with Crippen molar-refractivity contribution >= 4 is 5.91 Å². The van der Waals surface area contributed by atoms with E-state index in [0.29, 0.717) is 24.2 Å². The average molecular weight is 225 g/mol. The van der Waals surface area contributed by atoms with Crippen molar-refractivity contribution in [3.8, 4) is 0 Å². The maximum atomic E-state index is 11.2. The Kier molecular flexibility index (Phi) is 3.85. The van der Waals surface area contributed by atoms with Gasteiger partial charge in [0.1, 0.15) is 0 Å². The lowest BCUT2D eigenvalue weighted by Crippen LogP contribution is -2.52. The summed E-state index contributed by atoms with van der Waals surface area (Å²) < 4.78 is 6.10. The minimum atomic E-state index is 0.103. The van der Waals surface area contributed by atoms with E-state index < -0.39 is 0 Å². The molecule has 0 aromatic rings. The molecule has 1 amide bonds. The molecule has 1 N–H and O–H groups in total. The van der Waals surface area contributed by atoms with Gasteiger partial charge in [-0.15, -0.1) is 0 Å². The third kappa shape index (κ3) is 2.57. The topological polar surface area (TPSA) is 38.3 Å². The number of nitrogens with one attached hydrogen (secondary N) is 1. The molecular weight excluding hydrogens is 202 g/mol. The highest BCUT2D eigenvalue weighted by Gasteiger charge is 2.39. The molecule has 0 aromatic heterocycles. The van der Waals surface area contributed by atoms with Crippen molar-refractivity contribution in [3.63, 3.8) is 0 Å². The summed E-state index contributed by atoms with van der Waals surface area (Å²) in [6.07, 6.45) is 7.75. The molecule has 3 nitrogen and oxygen atoms in total. The number of hydrogen-bond donors (Lipinski definition) is 1. The lowest BCUT2D eigenvalue weighted by Gasteiger charge is -2.44. The number of fused-ring (bicyclic) bond motifs is 1. The second-order valence-corrected chi connectivity index (χ2v) is 5.20. The van der Waals surface area contributed by atoms with Crippen LogP contribution in [0.3, 0.4) is 0 Å². The molecule has 2 rings (SSSR count). The Bertz CT molecular complexity index is 254. The first-order chi connectivity index (χ1) is 7.70. The molecule has 1 saturated heterocycles. The smallest absolute Gasteiger partial charge is 0.217 e. The molecule has 1 saturated carbocycles. The van der Waals surface area contributed by atoms with Gasteiger partial charge in [-0.1, -0.05) is 19.8 Å². The van der Waals surface area contributed by atoms with Crippen molar-refractivity contribution in [2.24, 2.45) is 5.92 Å². The van der Waals surface area contributed by atoms with Crippen molar-refractivity contribution in [2.45, 2.75) is 70.6 Å². The van der Waals surface area contributed by atoms with Gasteiger partial charge < -0.3 is 10.1 Å². The molecule has 16 heavy (non-hydrogen) atoms. The number of amides is 1. The predicted octanol–water partition coefficient (Wildman–Crippen LogP) is 2.25. The summed E-state index contributed by atoms with van der Waals surface area (Å²) in [7, 11) is 0. The van der Waals surface area contributed by atoms with Crippen molar-refractivity contribution in [3.05, 3.63) is 0 Å². The van der Waals surface area contributed by atoms with Gasteiger partial charge in [-0.2, -0.15) is 0 Å². The summed E-state index contributed by atoms with van der Waals surface area (Å²) in [4.78, 5) is 11.2. The second kappa shape index (κ2) is 5.17. The first kappa shape index (κ1) is 11.9. The fourth-order valence-corrected chi connectivity index (χ4v) is 3.21. The van der Waals surface area contributed by atoms with E-state index in [-0.39, 0.29) is 5.91 Å². The van der Waals surface area contributed by atoms with E-state index in [1.54, 1.807) is 6.92 Å². The Morgan fingerprint density at radius 3 is 2.81 bits per heavy atom. The highest BCUT2D eigenvalue weighted by atomic mass is 16.5. The van der Waals surface area contributed by atoms with Gasteiger partial charge in [-0.05, 0) is 25.7 Å². The van der Waals surface area contributed by atoms with Crippen LogP contribution < -0.4 is 5.32 Å². The fourth-order valence-electron chi connectivity index (χ4n) is 3.21. The van der Waals surface area contributed by atoms with E-state index in [4.69, 9.17) is 4.74 Å². The first-order valence-corrected chi connectivity index (χ1v) is 6.63. The second-order valence-electron chi connectivity index (χ2n) is 5.20. The largest absolute Gasteiger partial charge is 0.375 e. The molecule has 0 spiro atoms. The zero-order valence-electron chi connectivity index (χ0n) is 10.4. The van der Waals surface area contributed by atoms with Crippen LogP contribution in [0.1, 0.15) is 52.4 Å². The average Bonchev–Trinajstić information content (AvgIpc) is 2.28. The van der Waals surface area contributed by atoms with Crippen LogP contribution in [-0.2, 0) is 9.53 Å². The Morgan fingerprint density at radius 1 is 1.38 bits per heavy atom. The van der Waals surface area contributed by atoms with Gasteiger partial charge >= 0.3 is 0 Å². The summed E-state index contributed by atoms with van der Waals surface area (Å²) in [6, 6.07) is 0.349. The molecule has 0 bridgehead atoms. The van der Waals surface area contributed by atoms with Crippen LogP contribution in [0.2, 0.25) is 0 Å². The minimum absolute atomic E-state index is 0.103. The van der Waals surface area contributed by atoms with Crippen molar-refractivity contribution in [1.29, 1.82) is 0 Å². The van der Waals surface area contributed by atoms with Crippen molar-refractivity contribution < 1.29 is 9.53 Å². The van der Waals surface area contributed by atoms with Gasteiger partial charge in [0.2, 0.25) is 5.91 Å². The third-order valence-electron chi connectivity index (χ3n) is 4.00. The van der Waals surface area contributed by atoms with Crippen LogP contribution >= 0.6 is 0 Å². The van der Waals surface area contributed by atoms with Gasteiger partial charge in [0.05, 0.1) is 12.2 Å². The standard InChI is InChI=1S/C13H23NO2/c1-3-10-8-12(14-9(2)15)11-6-4-5-7-13(11)16-10/h10-13H,3-8H2,1-2H3,(H,14,15)/t10-,11-,12+,13+/m0/s1. The molecule has 3 heteroatoms. The Hall–Kier alpha value is -0.570. The Labute approximate surface area is 97.9 Å². The van der Waals surface area contributed by atoms with Crippen LogP contribution in [0.15, 0.2) is 0 Å². The van der Waals surface area contributed by atoms with Crippen LogP contribution in [-0.4, -0.2) is 24.2 Å². The van der Waals surface area contributed by atoms with E-state index in [1.807, 2.05) is 0 Å². The maximum Gasteiger partial charge on any atom is 0.217 e. The van der Waals surface area contributed by atoms with E-state index in [9.17, 15) is 4.79 Å². The molecule has 0 aromatic carbocycles. The highest BCUT2D eigenvalue weighted by Crippen LogP contribution is 2.36. The van der Waals surface area contributed by atoms with Crippen molar-refractivity contribution in [2.75, 3.05) is 0 Å². The molecule has 0 radical (unpaired) electrons. The highest BCUT2D eigenvalue weighted by molar-refractivity contribution is 5.73. The number of carbonyl (C=O) groups excluding carboxylic acids is 1. The van der Waals surface area contributed by atoms with E-state index in [2.05, 4.69) is 12.2 Å².